The highest BCUT2D eigenvalue weighted by atomic mass is 16.6. The van der Waals surface area contributed by atoms with Crippen LogP contribution >= 0.6 is 0 Å². The molecule has 0 aromatic heterocycles. The van der Waals surface area contributed by atoms with E-state index in [9.17, 15) is 14.4 Å². The first kappa shape index (κ1) is 28.2. The average Bonchev–Trinajstić information content (AvgIpc) is 2.67. The fourth-order valence-corrected chi connectivity index (χ4v) is 3.36. The lowest BCUT2D eigenvalue weighted by molar-refractivity contribution is -0.161. The molecule has 1 fully saturated rings. The Labute approximate surface area is 193 Å². The van der Waals surface area contributed by atoms with E-state index < -0.39 is 41.5 Å². The fourth-order valence-electron chi connectivity index (χ4n) is 3.36. The Morgan fingerprint density at radius 2 is 1.50 bits per heavy atom. The molecule has 0 spiro atoms. The summed E-state index contributed by atoms with van der Waals surface area (Å²) in [4.78, 5) is 39.7. The summed E-state index contributed by atoms with van der Waals surface area (Å²) >= 11 is 0. The number of hydrogen-bond acceptors (Lipinski definition) is 7. The van der Waals surface area contributed by atoms with Crippen molar-refractivity contribution in [1.82, 2.24) is 4.90 Å². The Morgan fingerprint density at radius 3 is 2.00 bits per heavy atom. The lowest BCUT2D eigenvalue weighted by Gasteiger charge is -2.32. The Hall–Kier alpha value is -1.83. The predicted molar refractivity (Wildman–Crippen MR) is 121 cm³/mol. The van der Waals surface area contributed by atoms with Gasteiger partial charge in [-0.3, -0.25) is 0 Å². The van der Waals surface area contributed by atoms with Crippen molar-refractivity contribution in [3.63, 3.8) is 0 Å². The molecule has 0 N–H and O–H groups in total. The zero-order valence-electron chi connectivity index (χ0n) is 21.2. The normalized spacial score (nSPS) is 22.8. The highest BCUT2D eigenvalue weighted by Crippen LogP contribution is 2.24. The molecular formula is C24H43NO7. The van der Waals surface area contributed by atoms with Gasteiger partial charge in [0.25, 0.3) is 0 Å². The maximum Gasteiger partial charge on any atom is 0.420 e. The second-order valence-electron chi connectivity index (χ2n) is 10.4. The van der Waals surface area contributed by atoms with Crippen molar-refractivity contribution in [3.05, 3.63) is 0 Å². The number of hydrogen-bond donors (Lipinski definition) is 0. The fraction of sp³-hybridized carbons (Fsp3) is 0.875. The predicted octanol–water partition coefficient (Wildman–Crippen LogP) is 5.61. The van der Waals surface area contributed by atoms with Gasteiger partial charge >= 0.3 is 18.2 Å². The third-order valence-corrected chi connectivity index (χ3v) is 4.89. The van der Waals surface area contributed by atoms with Crippen molar-refractivity contribution in [1.29, 1.82) is 0 Å². The van der Waals surface area contributed by atoms with E-state index in [-0.39, 0.29) is 12.5 Å². The standard InChI is InChI=1S/C24H43NO7/c1-9-10-13-16-29-19-15-12-11-14-18(20(26)30-17(19)2)25(21(27)31-23(3,4)5)22(28)32-24(6,7)8/h17-19H,9-16H2,1-8H3/t17-,18-,19+/m0/s1. The van der Waals surface area contributed by atoms with E-state index in [4.69, 9.17) is 18.9 Å². The number of ether oxygens (including phenoxy) is 4. The van der Waals surface area contributed by atoms with Crippen LogP contribution in [0.5, 0.6) is 0 Å². The second-order valence-corrected chi connectivity index (χ2v) is 10.4. The molecule has 0 aliphatic carbocycles. The third-order valence-electron chi connectivity index (χ3n) is 4.89. The first-order chi connectivity index (χ1) is 14.7. The molecule has 1 aliphatic rings. The largest absolute Gasteiger partial charge is 0.458 e. The Morgan fingerprint density at radius 1 is 0.969 bits per heavy atom. The summed E-state index contributed by atoms with van der Waals surface area (Å²) in [5.41, 5.74) is -1.69. The number of carbonyl (C=O) groups excluding carboxylic acids is 3. The van der Waals surface area contributed by atoms with Crippen LogP contribution in [0.15, 0.2) is 0 Å². The molecule has 1 heterocycles. The van der Waals surface area contributed by atoms with Gasteiger partial charge in [0, 0.05) is 6.61 Å². The lowest BCUT2D eigenvalue weighted by atomic mass is 10.0. The number of carbonyl (C=O) groups is 3. The van der Waals surface area contributed by atoms with Crippen LogP contribution in [0.1, 0.15) is 100 Å². The van der Waals surface area contributed by atoms with Crippen molar-refractivity contribution in [3.8, 4) is 0 Å². The molecule has 32 heavy (non-hydrogen) atoms. The maximum absolute atomic E-state index is 13.1. The quantitative estimate of drug-likeness (QED) is 0.291. The van der Waals surface area contributed by atoms with Gasteiger partial charge in [-0.1, -0.05) is 32.6 Å². The van der Waals surface area contributed by atoms with Crippen LogP contribution in [0.25, 0.3) is 0 Å². The van der Waals surface area contributed by atoms with Crippen molar-refractivity contribution in [2.24, 2.45) is 0 Å². The monoisotopic (exact) mass is 457 g/mol. The first-order valence-electron chi connectivity index (χ1n) is 11.8. The number of esters is 1. The molecule has 2 amide bonds. The summed E-state index contributed by atoms with van der Waals surface area (Å²) in [5.74, 6) is -0.654. The summed E-state index contributed by atoms with van der Waals surface area (Å²) in [6.45, 7) is 14.7. The second kappa shape index (κ2) is 12.4. The van der Waals surface area contributed by atoms with E-state index in [2.05, 4.69) is 6.92 Å². The number of unbranched alkanes of at least 4 members (excludes halogenated alkanes) is 2. The smallest absolute Gasteiger partial charge is 0.420 e. The van der Waals surface area contributed by atoms with Crippen molar-refractivity contribution in [2.75, 3.05) is 6.61 Å². The Bertz CT molecular complexity index is 593. The summed E-state index contributed by atoms with van der Waals surface area (Å²) < 4.78 is 22.5. The SMILES string of the molecule is CCCCCO[C@@H]1CCCC[C@H](N(C(=O)OC(C)(C)C)C(=O)OC(C)(C)C)C(=O)O[C@H]1C. The molecule has 1 rings (SSSR count). The molecule has 0 unspecified atom stereocenters. The van der Waals surface area contributed by atoms with Crippen molar-refractivity contribution >= 4 is 18.2 Å². The molecule has 1 saturated heterocycles. The van der Waals surface area contributed by atoms with Gasteiger partial charge in [-0.2, -0.15) is 4.90 Å². The minimum atomic E-state index is -1.12. The van der Waals surface area contributed by atoms with Gasteiger partial charge in [-0.25, -0.2) is 14.4 Å². The topological polar surface area (TPSA) is 91.4 Å². The molecule has 1 aliphatic heterocycles. The zero-order chi connectivity index (χ0) is 24.5. The van der Waals surface area contributed by atoms with Crippen molar-refractivity contribution < 1.29 is 33.3 Å². The highest BCUT2D eigenvalue weighted by molar-refractivity contribution is 5.94. The van der Waals surface area contributed by atoms with E-state index in [0.29, 0.717) is 13.0 Å². The molecule has 0 aromatic carbocycles. The van der Waals surface area contributed by atoms with E-state index in [1.165, 1.54) is 0 Å². The highest BCUT2D eigenvalue weighted by Gasteiger charge is 2.42. The molecule has 3 atom stereocenters. The Balaban J connectivity index is 3.06. The van der Waals surface area contributed by atoms with Gasteiger partial charge in [0.2, 0.25) is 0 Å². The van der Waals surface area contributed by atoms with Gasteiger partial charge in [-0.05, 0) is 67.7 Å². The zero-order valence-corrected chi connectivity index (χ0v) is 21.2. The number of rotatable bonds is 6. The van der Waals surface area contributed by atoms with Gasteiger partial charge in [0.15, 0.2) is 0 Å². The van der Waals surface area contributed by atoms with Gasteiger partial charge in [-0.15, -0.1) is 0 Å². The van der Waals surface area contributed by atoms with E-state index in [0.717, 1.165) is 37.0 Å². The van der Waals surface area contributed by atoms with Crippen LogP contribution in [0, 0.1) is 0 Å². The number of amides is 2. The van der Waals surface area contributed by atoms with Gasteiger partial charge < -0.3 is 18.9 Å². The molecule has 0 bridgehead atoms. The molecular weight excluding hydrogens is 414 g/mol. The summed E-state index contributed by atoms with van der Waals surface area (Å²) in [6, 6.07) is -1.12. The first-order valence-corrected chi connectivity index (χ1v) is 11.8. The van der Waals surface area contributed by atoms with E-state index in [1.807, 2.05) is 0 Å². The molecule has 0 aromatic rings. The number of nitrogens with zero attached hydrogens (tertiary/aromatic N) is 1. The van der Waals surface area contributed by atoms with Crippen LogP contribution in [0.2, 0.25) is 0 Å². The molecule has 8 nitrogen and oxygen atoms in total. The molecule has 0 saturated carbocycles. The minimum absolute atomic E-state index is 0.217. The third kappa shape index (κ3) is 10.2. The van der Waals surface area contributed by atoms with Crippen molar-refractivity contribution in [2.45, 2.75) is 130 Å². The minimum Gasteiger partial charge on any atom is -0.458 e. The molecule has 0 radical (unpaired) electrons. The average molecular weight is 458 g/mol. The lowest BCUT2D eigenvalue weighted by Crippen LogP contribution is -2.53. The van der Waals surface area contributed by atoms with Crippen LogP contribution in [-0.4, -0.2) is 59.1 Å². The van der Waals surface area contributed by atoms with Gasteiger partial charge in [0.1, 0.15) is 23.3 Å². The summed E-state index contributed by atoms with van der Waals surface area (Å²) in [6.07, 6.45) is 3.02. The molecule has 186 valence electrons. The van der Waals surface area contributed by atoms with Crippen LogP contribution in [-0.2, 0) is 23.7 Å². The summed E-state index contributed by atoms with van der Waals surface area (Å²) in [7, 11) is 0. The van der Waals surface area contributed by atoms with E-state index in [1.54, 1.807) is 48.5 Å². The Kier molecular flexibility index (Phi) is 10.9. The maximum atomic E-state index is 13.1. The molecule has 8 heteroatoms. The number of cyclic esters (lactones) is 1. The van der Waals surface area contributed by atoms with Crippen LogP contribution in [0.3, 0.4) is 0 Å². The van der Waals surface area contributed by atoms with Crippen LogP contribution in [0.4, 0.5) is 9.59 Å². The van der Waals surface area contributed by atoms with E-state index >= 15 is 0 Å². The van der Waals surface area contributed by atoms with Gasteiger partial charge in [0.05, 0.1) is 6.10 Å². The number of imide groups is 1. The summed E-state index contributed by atoms with van der Waals surface area (Å²) in [5, 5.41) is 0. The van der Waals surface area contributed by atoms with Crippen LogP contribution < -0.4 is 0 Å².